The van der Waals surface area contributed by atoms with Crippen LogP contribution in [-0.4, -0.2) is 5.78 Å². The first-order valence-corrected chi connectivity index (χ1v) is 7.89. The van der Waals surface area contributed by atoms with Crippen LogP contribution in [0.5, 0.6) is 0 Å². The minimum Gasteiger partial charge on any atom is -0.298 e. The Kier molecular flexibility index (Phi) is 2.13. The molecule has 5 rings (SSSR count). The maximum absolute atomic E-state index is 12.8. The van der Waals surface area contributed by atoms with Crippen LogP contribution in [0.15, 0.2) is 59.1 Å². The van der Waals surface area contributed by atoms with E-state index in [9.17, 15) is 4.79 Å². The monoisotopic (exact) mass is 334 g/mol. The first-order valence-electron chi connectivity index (χ1n) is 7.10. The van der Waals surface area contributed by atoms with E-state index in [1.54, 1.807) is 0 Å². The molecule has 2 aliphatic carbocycles. The number of carbonyl (C=O) groups excluding carboxylic acids is 1. The molecule has 0 fully saturated rings. The Balaban J connectivity index is 1.85. The number of hydrogen-bond donors (Lipinski definition) is 0. The number of fused-ring (bicyclic) bond motifs is 9. The molecule has 0 amide bonds. The predicted octanol–water partition coefficient (Wildman–Crippen LogP) is 4.76. The lowest BCUT2D eigenvalue weighted by Crippen LogP contribution is -2.03. The Morgan fingerprint density at radius 2 is 1.29 bits per heavy atom. The molecule has 100 valence electrons. The molecule has 0 unspecified atom stereocenters. The van der Waals surface area contributed by atoms with Gasteiger partial charge in [-0.15, -0.1) is 0 Å². The van der Waals surface area contributed by atoms with Gasteiger partial charge in [0.15, 0.2) is 5.78 Å². The van der Waals surface area contributed by atoms with Crippen LogP contribution in [0.2, 0.25) is 0 Å². The van der Waals surface area contributed by atoms with Gasteiger partial charge in [0.25, 0.3) is 0 Å². The van der Waals surface area contributed by atoms with Crippen molar-refractivity contribution >= 4 is 32.5 Å². The summed E-state index contributed by atoms with van der Waals surface area (Å²) in [5.74, 6) is 0.216. The number of Topliss-reactive ketones (excluding diaryl/α,β-unsaturated/α-hetero) is 1. The van der Waals surface area contributed by atoms with Crippen molar-refractivity contribution in [1.82, 2.24) is 0 Å². The predicted molar refractivity (Wildman–Crippen MR) is 86.8 cm³/mol. The summed E-state index contributed by atoms with van der Waals surface area (Å²) in [5, 5.41) is 2.43. The van der Waals surface area contributed by atoms with E-state index in [-0.39, 0.29) is 11.8 Å². The van der Waals surface area contributed by atoms with Gasteiger partial charge in [-0.3, -0.25) is 4.79 Å². The smallest absolute Gasteiger partial charge is 0.156 e. The van der Waals surface area contributed by atoms with Gasteiger partial charge in [-0.05, 0) is 57.3 Å². The average Bonchev–Trinajstić information content (AvgIpc) is 2.92. The molecule has 2 heteroatoms. The van der Waals surface area contributed by atoms with Crippen molar-refractivity contribution in [3.63, 3.8) is 0 Å². The summed E-state index contributed by atoms with van der Waals surface area (Å²) >= 11 is 3.52. The van der Waals surface area contributed by atoms with Crippen molar-refractivity contribution in [2.24, 2.45) is 0 Å². The van der Waals surface area contributed by atoms with Gasteiger partial charge in [0.2, 0.25) is 0 Å². The average molecular weight is 335 g/mol. The van der Waals surface area contributed by atoms with E-state index in [1.165, 1.54) is 33.0 Å². The number of hydrogen-bond acceptors (Lipinski definition) is 1. The first-order chi connectivity index (χ1) is 10.2. The molecule has 21 heavy (non-hydrogen) atoms. The van der Waals surface area contributed by atoms with Crippen LogP contribution in [0.4, 0.5) is 0 Å². The van der Waals surface area contributed by atoms with Crippen LogP contribution in [0.25, 0.3) is 10.8 Å². The summed E-state index contributed by atoms with van der Waals surface area (Å²) in [6.45, 7) is 0. The summed E-state index contributed by atoms with van der Waals surface area (Å²) in [6.07, 6.45) is 0. The van der Waals surface area contributed by atoms with Crippen LogP contribution in [0, 0.1) is 0 Å². The maximum Gasteiger partial charge on any atom is 0.156 e. The van der Waals surface area contributed by atoms with Crippen molar-refractivity contribution in [3.8, 4) is 0 Å². The van der Waals surface area contributed by atoms with Crippen LogP contribution >= 0.6 is 15.9 Å². The Bertz CT molecular complexity index is 941. The van der Waals surface area contributed by atoms with E-state index in [0.29, 0.717) is 5.78 Å². The summed E-state index contributed by atoms with van der Waals surface area (Å²) in [4.78, 5) is 12.8. The van der Waals surface area contributed by atoms with Crippen molar-refractivity contribution in [2.45, 2.75) is 11.8 Å². The summed E-state index contributed by atoms with van der Waals surface area (Å²) in [5.41, 5.74) is 4.78. The normalized spacial score (nSPS) is 21.7. The first kappa shape index (κ1) is 11.7. The van der Waals surface area contributed by atoms with E-state index in [2.05, 4.69) is 58.4 Å². The third kappa shape index (κ3) is 1.38. The van der Waals surface area contributed by atoms with E-state index in [4.69, 9.17) is 0 Å². The van der Waals surface area contributed by atoms with Crippen LogP contribution in [0.3, 0.4) is 0 Å². The van der Waals surface area contributed by atoms with Gasteiger partial charge in [-0.2, -0.15) is 0 Å². The SMILES string of the molecule is O=C1[C@@H]2c3cc(Br)ccc3[C@H]1c1cc3ccccc3cc12. The lowest BCUT2D eigenvalue weighted by atomic mass is 9.85. The summed E-state index contributed by atoms with van der Waals surface area (Å²) in [7, 11) is 0. The second kappa shape index (κ2) is 3.83. The van der Waals surface area contributed by atoms with Gasteiger partial charge < -0.3 is 0 Å². The minimum absolute atomic E-state index is 0.0577. The Morgan fingerprint density at radius 1 is 0.714 bits per heavy atom. The van der Waals surface area contributed by atoms with Gasteiger partial charge in [-0.25, -0.2) is 0 Å². The number of ketones is 1. The number of halogens is 1. The topological polar surface area (TPSA) is 17.1 Å². The van der Waals surface area contributed by atoms with Crippen molar-refractivity contribution in [2.75, 3.05) is 0 Å². The summed E-state index contributed by atoms with van der Waals surface area (Å²) in [6, 6.07) is 19.0. The molecule has 0 aromatic heterocycles. The molecule has 0 saturated heterocycles. The zero-order valence-corrected chi connectivity index (χ0v) is 12.7. The van der Waals surface area contributed by atoms with E-state index in [0.717, 1.165) is 4.47 Å². The van der Waals surface area contributed by atoms with E-state index >= 15 is 0 Å². The molecule has 0 aliphatic heterocycles. The maximum atomic E-state index is 12.8. The van der Waals surface area contributed by atoms with Crippen LogP contribution < -0.4 is 0 Å². The highest BCUT2D eigenvalue weighted by atomic mass is 79.9. The fourth-order valence-corrected chi connectivity index (χ4v) is 4.33. The fourth-order valence-electron chi connectivity index (χ4n) is 3.95. The highest BCUT2D eigenvalue weighted by Gasteiger charge is 2.48. The van der Waals surface area contributed by atoms with Crippen molar-refractivity contribution in [1.29, 1.82) is 0 Å². The molecule has 2 atom stereocenters. The molecule has 1 nitrogen and oxygen atoms in total. The summed E-state index contributed by atoms with van der Waals surface area (Å²) < 4.78 is 1.05. The number of carbonyl (C=O) groups is 1. The van der Waals surface area contributed by atoms with E-state index in [1.807, 2.05) is 12.1 Å². The van der Waals surface area contributed by atoms with E-state index < -0.39 is 0 Å². The highest BCUT2D eigenvalue weighted by molar-refractivity contribution is 9.10. The van der Waals surface area contributed by atoms with Gasteiger partial charge in [0, 0.05) is 4.47 Å². The molecule has 3 aromatic rings. The zero-order valence-electron chi connectivity index (χ0n) is 11.1. The molecule has 2 bridgehead atoms. The van der Waals surface area contributed by atoms with Crippen molar-refractivity contribution in [3.05, 3.63) is 81.3 Å². The molecule has 2 aliphatic rings. The Labute approximate surface area is 130 Å². The Hall–Kier alpha value is -1.93. The molecule has 0 spiro atoms. The zero-order chi connectivity index (χ0) is 14.1. The third-order valence-corrected chi connectivity index (χ3v) is 5.31. The lowest BCUT2D eigenvalue weighted by molar-refractivity contribution is -0.118. The van der Waals surface area contributed by atoms with Gasteiger partial charge in [0.05, 0.1) is 11.8 Å². The standard InChI is InChI=1S/C19H11BrO/c20-12-5-6-13-16(9-12)18-15-8-11-4-2-1-3-10(11)7-14(15)17(13)19(18)21/h1-9,17-18H/t17-,18-/m0/s1. The molecule has 0 N–H and O–H groups in total. The molecular formula is C19H11BrO. The molecule has 0 saturated carbocycles. The lowest BCUT2D eigenvalue weighted by Gasteiger charge is -2.18. The highest BCUT2D eigenvalue weighted by Crippen LogP contribution is 2.54. The minimum atomic E-state index is -0.0675. The Morgan fingerprint density at radius 3 is 1.95 bits per heavy atom. The van der Waals surface area contributed by atoms with Crippen molar-refractivity contribution < 1.29 is 4.79 Å². The van der Waals surface area contributed by atoms with Gasteiger partial charge in [-0.1, -0.05) is 46.3 Å². The molecule has 0 radical (unpaired) electrons. The molecule has 0 heterocycles. The molecule has 3 aromatic carbocycles. The quantitative estimate of drug-likeness (QED) is 0.579. The molecular weight excluding hydrogens is 324 g/mol. The van der Waals surface area contributed by atoms with Gasteiger partial charge in [0.1, 0.15) is 0 Å². The number of rotatable bonds is 0. The largest absolute Gasteiger partial charge is 0.298 e. The third-order valence-electron chi connectivity index (χ3n) is 4.81. The second-order valence-corrected chi connectivity index (χ2v) is 6.79. The van der Waals surface area contributed by atoms with Gasteiger partial charge >= 0.3 is 0 Å². The fraction of sp³-hybridized carbons (Fsp3) is 0.105. The number of benzene rings is 3. The van der Waals surface area contributed by atoms with Crippen LogP contribution in [-0.2, 0) is 4.79 Å². The van der Waals surface area contributed by atoms with Crippen LogP contribution in [0.1, 0.15) is 34.1 Å². The second-order valence-electron chi connectivity index (χ2n) is 5.87.